The summed E-state index contributed by atoms with van der Waals surface area (Å²) in [6.07, 6.45) is 4.65. The molecule has 142 valence electrons. The van der Waals surface area contributed by atoms with E-state index in [1.165, 1.54) is 4.90 Å². The minimum atomic E-state index is -0.974. The molecule has 2 aromatic rings. The molecule has 2 heterocycles. The van der Waals surface area contributed by atoms with Gasteiger partial charge in [-0.05, 0) is 36.3 Å². The van der Waals surface area contributed by atoms with Gasteiger partial charge in [-0.1, -0.05) is 26.0 Å². The highest BCUT2D eigenvalue weighted by Crippen LogP contribution is 2.27. The van der Waals surface area contributed by atoms with Crippen molar-refractivity contribution in [1.82, 2.24) is 9.88 Å². The number of carbonyl (C=O) groups is 3. The lowest BCUT2D eigenvalue weighted by Gasteiger charge is -2.28. The Morgan fingerprint density at radius 2 is 2.00 bits per heavy atom. The summed E-state index contributed by atoms with van der Waals surface area (Å²) < 4.78 is 0. The van der Waals surface area contributed by atoms with Gasteiger partial charge in [-0.3, -0.25) is 14.6 Å². The van der Waals surface area contributed by atoms with Crippen molar-refractivity contribution < 1.29 is 19.5 Å². The lowest BCUT2D eigenvalue weighted by atomic mass is 9.87. The number of carbonyl (C=O) groups excluding carboxylic acids is 2. The van der Waals surface area contributed by atoms with Crippen LogP contribution in [-0.4, -0.2) is 45.2 Å². The van der Waals surface area contributed by atoms with Crippen LogP contribution in [0.5, 0.6) is 0 Å². The maximum Gasteiger partial charge on any atom is 0.326 e. The highest BCUT2D eigenvalue weighted by atomic mass is 16.4. The first-order chi connectivity index (χ1) is 12.9. The SMILES string of the molecule is CC(C)[C@H](CC(=O)c1ccc2cnccc2c1)C(=O)N1CCC[C@H]1C(=O)O. The number of ketones is 1. The molecule has 1 aromatic carbocycles. The number of aromatic nitrogens is 1. The average Bonchev–Trinajstić information content (AvgIpc) is 3.15. The summed E-state index contributed by atoms with van der Waals surface area (Å²) >= 11 is 0. The monoisotopic (exact) mass is 368 g/mol. The Labute approximate surface area is 158 Å². The molecule has 1 aliphatic heterocycles. The molecule has 0 unspecified atom stereocenters. The van der Waals surface area contributed by atoms with Gasteiger partial charge < -0.3 is 10.0 Å². The number of rotatable bonds is 6. The number of likely N-dealkylation sites (tertiary alicyclic amines) is 1. The van der Waals surface area contributed by atoms with Crippen molar-refractivity contribution in [2.75, 3.05) is 6.54 Å². The Kier molecular flexibility index (Phi) is 5.54. The van der Waals surface area contributed by atoms with Crippen molar-refractivity contribution >= 4 is 28.4 Å². The van der Waals surface area contributed by atoms with E-state index in [-0.39, 0.29) is 24.0 Å². The number of pyridine rings is 1. The fourth-order valence-corrected chi connectivity index (χ4v) is 3.68. The molecule has 27 heavy (non-hydrogen) atoms. The van der Waals surface area contributed by atoms with Gasteiger partial charge in [0, 0.05) is 42.2 Å². The van der Waals surface area contributed by atoms with E-state index in [4.69, 9.17) is 0 Å². The average molecular weight is 368 g/mol. The summed E-state index contributed by atoms with van der Waals surface area (Å²) in [7, 11) is 0. The molecule has 0 aliphatic carbocycles. The molecule has 1 aromatic heterocycles. The van der Waals surface area contributed by atoms with E-state index < -0.39 is 17.9 Å². The van der Waals surface area contributed by atoms with Crippen LogP contribution >= 0.6 is 0 Å². The lowest BCUT2D eigenvalue weighted by Crippen LogP contribution is -2.45. The van der Waals surface area contributed by atoms with E-state index in [1.54, 1.807) is 18.5 Å². The number of carboxylic acid groups (broad SMARTS) is 1. The number of Topliss-reactive ketones (excluding diaryl/α,β-unsaturated/α-hetero) is 1. The van der Waals surface area contributed by atoms with Gasteiger partial charge in [0.05, 0.1) is 0 Å². The zero-order valence-electron chi connectivity index (χ0n) is 15.6. The summed E-state index contributed by atoms with van der Waals surface area (Å²) in [5, 5.41) is 11.2. The molecule has 6 heteroatoms. The van der Waals surface area contributed by atoms with E-state index in [2.05, 4.69) is 4.98 Å². The maximum atomic E-state index is 13.0. The zero-order valence-corrected chi connectivity index (χ0v) is 15.6. The summed E-state index contributed by atoms with van der Waals surface area (Å²) in [4.78, 5) is 42.7. The van der Waals surface area contributed by atoms with Crippen molar-refractivity contribution in [3.05, 3.63) is 42.2 Å². The van der Waals surface area contributed by atoms with Gasteiger partial charge in [0.2, 0.25) is 5.91 Å². The second-order valence-corrected chi connectivity index (χ2v) is 7.44. The van der Waals surface area contributed by atoms with Gasteiger partial charge in [-0.15, -0.1) is 0 Å². The molecule has 0 radical (unpaired) electrons. The third kappa shape index (κ3) is 3.99. The molecule has 0 bridgehead atoms. The highest BCUT2D eigenvalue weighted by Gasteiger charge is 2.38. The molecule has 0 spiro atoms. The van der Waals surface area contributed by atoms with Crippen LogP contribution in [0.15, 0.2) is 36.7 Å². The number of aliphatic carboxylic acids is 1. The minimum Gasteiger partial charge on any atom is -0.480 e. The second-order valence-electron chi connectivity index (χ2n) is 7.44. The first kappa shape index (κ1) is 19.0. The molecule has 1 N–H and O–H groups in total. The predicted octanol–water partition coefficient (Wildman–Crippen LogP) is 3.16. The Balaban J connectivity index is 1.79. The Hall–Kier alpha value is -2.76. The zero-order chi connectivity index (χ0) is 19.6. The fourth-order valence-electron chi connectivity index (χ4n) is 3.68. The van der Waals surface area contributed by atoms with Gasteiger partial charge in [0.25, 0.3) is 0 Å². The van der Waals surface area contributed by atoms with Crippen LogP contribution in [0.2, 0.25) is 0 Å². The lowest BCUT2D eigenvalue weighted by molar-refractivity contribution is -0.150. The number of hydrogen-bond acceptors (Lipinski definition) is 4. The van der Waals surface area contributed by atoms with Gasteiger partial charge in [-0.25, -0.2) is 4.79 Å². The molecule has 0 saturated carbocycles. The Bertz CT molecular complexity index is 877. The quantitative estimate of drug-likeness (QED) is 0.792. The number of hydrogen-bond donors (Lipinski definition) is 1. The van der Waals surface area contributed by atoms with Gasteiger partial charge in [0.15, 0.2) is 5.78 Å². The van der Waals surface area contributed by atoms with E-state index in [9.17, 15) is 19.5 Å². The Morgan fingerprint density at radius 3 is 2.70 bits per heavy atom. The van der Waals surface area contributed by atoms with Crippen LogP contribution in [0.25, 0.3) is 10.8 Å². The molecular formula is C21H24N2O4. The fraction of sp³-hybridized carbons (Fsp3) is 0.429. The molecule has 3 rings (SSSR count). The van der Waals surface area contributed by atoms with Gasteiger partial charge in [0.1, 0.15) is 6.04 Å². The van der Waals surface area contributed by atoms with Crippen molar-refractivity contribution in [3.63, 3.8) is 0 Å². The number of benzene rings is 1. The second kappa shape index (κ2) is 7.86. The highest BCUT2D eigenvalue weighted by molar-refractivity contribution is 6.01. The van der Waals surface area contributed by atoms with E-state index in [1.807, 2.05) is 32.0 Å². The molecular weight excluding hydrogens is 344 g/mol. The largest absolute Gasteiger partial charge is 0.480 e. The van der Waals surface area contributed by atoms with E-state index in [0.29, 0.717) is 24.9 Å². The number of fused-ring (bicyclic) bond motifs is 1. The topological polar surface area (TPSA) is 87.6 Å². The van der Waals surface area contributed by atoms with Crippen LogP contribution in [0.3, 0.4) is 0 Å². The number of nitrogens with zero attached hydrogens (tertiary/aromatic N) is 2. The maximum absolute atomic E-state index is 13.0. The normalized spacial score (nSPS) is 18.0. The molecule has 1 fully saturated rings. The summed E-state index contributed by atoms with van der Waals surface area (Å²) in [6, 6.07) is 6.49. The predicted molar refractivity (Wildman–Crippen MR) is 101 cm³/mol. The van der Waals surface area contributed by atoms with Crippen molar-refractivity contribution in [2.24, 2.45) is 11.8 Å². The van der Waals surface area contributed by atoms with Crippen molar-refractivity contribution in [3.8, 4) is 0 Å². The Morgan fingerprint density at radius 1 is 1.22 bits per heavy atom. The van der Waals surface area contributed by atoms with Crippen molar-refractivity contribution in [1.29, 1.82) is 0 Å². The van der Waals surface area contributed by atoms with Crippen LogP contribution in [0, 0.1) is 11.8 Å². The number of carboxylic acids is 1. The third-order valence-electron chi connectivity index (χ3n) is 5.31. The molecule has 1 saturated heterocycles. The van der Waals surface area contributed by atoms with Crippen LogP contribution < -0.4 is 0 Å². The summed E-state index contributed by atoms with van der Waals surface area (Å²) in [5.74, 6) is -1.88. The smallest absolute Gasteiger partial charge is 0.326 e. The summed E-state index contributed by atoms with van der Waals surface area (Å²) in [5.41, 5.74) is 0.559. The molecule has 6 nitrogen and oxygen atoms in total. The van der Waals surface area contributed by atoms with Gasteiger partial charge in [-0.2, -0.15) is 0 Å². The van der Waals surface area contributed by atoms with Crippen LogP contribution in [0.4, 0.5) is 0 Å². The molecule has 1 amide bonds. The first-order valence-corrected chi connectivity index (χ1v) is 9.28. The molecule has 2 atom stereocenters. The van der Waals surface area contributed by atoms with Gasteiger partial charge >= 0.3 is 5.97 Å². The van der Waals surface area contributed by atoms with E-state index in [0.717, 1.165) is 10.8 Å². The molecule has 1 aliphatic rings. The van der Waals surface area contributed by atoms with Crippen molar-refractivity contribution in [2.45, 2.75) is 39.2 Å². The standard InChI is InChI=1S/C21H24N2O4/c1-13(2)17(20(25)23-9-3-4-18(23)21(26)27)11-19(24)15-5-6-16-12-22-8-7-14(16)10-15/h5-8,10,12-13,17-18H,3-4,9,11H2,1-2H3,(H,26,27)/t17-,18-/m0/s1. The summed E-state index contributed by atoms with van der Waals surface area (Å²) in [6.45, 7) is 4.23. The minimum absolute atomic E-state index is 0.0545. The van der Waals surface area contributed by atoms with Crippen LogP contribution in [0.1, 0.15) is 43.5 Å². The number of amides is 1. The van der Waals surface area contributed by atoms with Crippen LogP contribution in [-0.2, 0) is 9.59 Å². The van der Waals surface area contributed by atoms with E-state index >= 15 is 0 Å². The third-order valence-corrected chi connectivity index (χ3v) is 5.31. The first-order valence-electron chi connectivity index (χ1n) is 9.28.